The van der Waals surface area contributed by atoms with Crippen LogP contribution in [-0.2, 0) is 4.79 Å². The van der Waals surface area contributed by atoms with Crippen LogP contribution in [0.25, 0.3) is 0 Å². The number of nitrogens with zero attached hydrogens (tertiary/aromatic N) is 1. The summed E-state index contributed by atoms with van der Waals surface area (Å²) in [6.45, 7) is 0. The summed E-state index contributed by atoms with van der Waals surface area (Å²) in [7, 11) is 0. The lowest BCUT2D eigenvalue weighted by Gasteiger charge is -2.10. The minimum absolute atomic E-state index is 0.349. The van der Waals surface area contributed by atoms with Crippen LogP contribution in [0.15, 0.2) is 18.3 Å². The van der Waals surface area contributed by atoms with Crippen LogP contribution in [0.3, 0.4) is 0 Å². The van der Waals surface area contributed by atoms with Gasteiger partial charge in [0.2, 0.25) is 0 Å². The normalized spacial score (nSPS) is 11.1. The number of amides is 1. The van der Waals surface area contributed by atoms with E-state index in [4.69, 9.17) is 34.8 Å². The van der Waals surface area contributed by atoms with Gasteiger partial charge in [0.05, 0.1) is 0 Å². The molecule has 0 aromatic carbocycles. The number of halogens is 4. The molecular weight excluding hydrogens is 361 g/mol. The fourth-order valence-corrected chi connectivity index (χ4v) is 1.10. The third-order valence-electron chi connectivity index (χ3n) is 1.23. The van der Waals surface area contributed by atoms with Crippen molar-refractivity contribution in [1.29, 1.82) is 0 Å². The van der Waals surface area contributed by atoms with Gasteiger partial charge in [-0.2, -0.15) is 0 Å². The maximum atomic E-state index is 11.2. The second-order valence-electron chi connectivity index (χ2n) is 2.31. The van der Waals surface area contributed by atoms with Crippen LogP contribution in [0, 0.1) is 3.57 Å². The Morgan fingerprint density at radius 1 is 1.43 bits per heavy atom. The predicted molar refractivity (Wildman–Crippen MR) is 65.9 cm³/mol. The van der Waals surface area contributed by atoms with Crippen molar-refractivity contribution in [2.75, 3.05) is 5.32 Å². The van der Waals surface area contributed by atoms with Crippen molar-refractivity contribution in [3.8, 4) is 0 Å². The lowest BCUT2D eigenvalue weighted by atomic mass is 10.4. The molecule has 0 aliphatic heterocycles. The standard InChI is InChI=1S/C7H4Cl3IN2O/c8-7(9,10)6(14)13-5-2-1-4(11)3-12-5/h1-3H,(H,12,13,14). The van der Waals surface area contributed by atoms with E-state index in [2.05, 4.69) is 32.9 Å². The van der Waals surface area contributed by atoms with Crippen LogP contribution >= 0.6 is 57.4 Å². The Kier molecular flexibility index (Phi) is 4.24. The largest absolute Gasteiger partial charge is 0.307 e. The number of carbonyl (C=O) groups excluding carboxylic acids is 1. The van der Waals surface area contributed by atoms with Crippen molar-refractivity contribution in [2.45, 2.75) is 3.79 Å². The molecule has 3 nitrogen and oxygen atoms in total. The predicted octanol–water partition coefficient (Wildman–Crippen LogP) is 2.99. The van der Waals surface area contributed by atoms with Crippen LogP contribution in [0.5, 0.6) is 0 Å². The van der Waals surface area contributed by atoms with Gasteiger partial charge >= 0.3 is 0 Å². The van der Waals surface area contributed by atoms with Gasteiger partial charge in [-0.25, -0.2) is 4.98 Å². The Bertz CT molecular complexity index is 336. The average molecular weight is 365 g/mol. The molecule has 1 aromatic rings. The highest BCUT2D eigenvalue weighted by Gasteiger charge is 2.30. The van der Waals surface area contributed by atoms with Gasteiger partial charge < -0.3 is 5.32 Å². The van der Waals surface area contributed by atoms with Crippen LogP contribution in [-0.4, -0.2) is 14.7 Å². The number of nitrogens with one attached hydrogen (secondary N) is 1. The van der Waals surface area contributed by atoms with Gasteiger partial charge in [-0.1, -0.05) is 34.8 Å². The zero-order valence-corrected chi connectivity index (χ0v) is 11.0. The minimum atomic E-state index is -1.97. The zero-order chi connectivity index (χ0) is 10.8. The maximum Gasteiger partial charge on any atom is 0.277 e. The van der Waals surface area contributed by atoms with Crippen LogP contribution in [0.4, 0.5) is 5.82 Å². The summed E-state index contributed by atoms with van der Waals surface area (Å²) in [5.41, 5.74) is 0. The molecule has 76 valence electrons. The van der Waals surface area contributed by atoms with Gasteiger partial charge in [-0.15, -0.1) is 0 Å². The van der Waals surface area contributed by atoms with E-state index in [0.717, 1.165) is 3.57 Å². The van der Waals surface area contributed by atoms with Crippen molar-refractivity contribution >= 4 is 69.1 Å². The monoisotopic (exact) mass is 364 g/mol. The molecule has 0 fully saturated rings. The highest BCUT2D eigenvalue weighted by Crippen LogP contribution is 2.27. The molecule has 0 aliphatic carbocycles. The molecule has 0 bridgehead atoms. The highest BCUT2D eigenvalue weighted by atomic mass is 127. The average Bonchev–Trinajstić information content (AvgIpc) is 2.07. The van der Waals surface area contributed by atoms with Crippen molar-refractivity contribution in [3.63, 3.8) is 0 Å². The molecule has 0 spiro atoms. The van der Waals surface area contributed by atoms with E-state index in [1.807, 2.05) is 0 Å². The molecule has 1 amide bonds. The Morgan fingerprint density at radius 3 is 2.50 bits per heavy atom. The van der Waals surface area contributed by atoms with Crippen LogP contribution in [0.2, 0.25) is 0 Å². The molecule has 0 radical (unpaired) electrons. The molecule has 1 aromatic heterocycles. The summed E-state index contributed by atoms with van der Waals surface area (Å²) < 4.78 is -1.01. The molecular formula is C7H4Cl3IN2O. The smallest absolute Gasteiger partial charge is 0.277 e. The summed E-state index contributed by atoms with van der Waals surface area (Å²) in [6.07, 6.45) is 1.59. The minimum Gasteiger partial charge on any atom is -0.307 e. The number of carbonyl (C=O) groups is 1. The highest BCUT2D eigenvalue weighted by molar-refractivity contribution is 14.1. The zero-order valence-electron chi connectivity index (χ0n) is 6.60. The van der Waals surface area contributed by atoms with Crippen LogP contribution < -0.4 is 5.32 Å². The lowest BCUT2D eigenvalue weighted by Crippen LogP contribution is -2.27. The molecule has 0 saturated carbocycles. The van der Waals surface area contributed by atoms with Gasteiger partial charge in [-0.3, -0.25) is 4.79 Å². The van der Waals surface area contributed by atoms with Gasteiger partial charge in [0.1, 0.15) is 5.82 Å². The molecule has 14 heavy (non-hydrogen) atoms. The maximum absolute atomic E-state index is 11.2. The molecule has 1 N–H and O–H groups in total. The fraction of sp³-hybridized carbons (Fsp3) is 0.143. The van der Waals surface area contributed by atoms with Gasteiger partial charge in [-0.05, 0) is 34.7 Å². The van der Waals surface area contributed by atoms with Gasteiger partial charge in [0.15, 0.2) is 0 Å². The molecule has 0 atom stereocenters. The van der Waals surface area contributed by atoms with E-state index in [1.54, 1.807) is 18.3 Å². The third-order valence-corrected chi connectivity index (χ3v) is 2.38. The Hall–Kier alpha value is 0.220. The quantitative estimate of drug-likeness (QED) is 0.614. The summed E-state index contributed by atoms with van der Waals surface area (Å²) in [6, 6.07) is 3.40. The number of rotatable bonds is 1. The van der Waals surface area contributed by atoms with Crippen molar-refractivity contribution < 1.29 is 4.79 Å². The number of aromatic nitrogens is 1. The summed E-state index contributed by atoms with van der Waals surface area (Å²) in [5, 5.41) is 2.36. The first-order valence-electron chi connectivity index (χ1n) is 3.39. The number of anilines is 1. The Morgan fingerprint density at radius 2 is 2.07 bits per heavy atom. The van der Waals surface area contributed by atoms with E-state index in [-0.39, 0.29) is 0 Å². The van der Waals surface area contributed by atoms with Crippen molar-refractivity contribution in [2.24, 2.45) is 0 Å². The molecule has 0 aliphatic rings. The van der Waals surface area contributed by atoms with E-state index < -0.39 is 9.70 Å². The second kappa shape index (κ2) is 4.83. The lowest BCUT2D eigenvalue weighted by molar-refractivity contribution is -0.115. The number of hydrogen-bond donors (Lipinski definition) is 1. The van der Waals surface area contributed by atoms with Crippen molar-refractivity contribution in [1.82, 2.24) is 4.98 Å². The van der Waals surface area contributed by atoms with E-state index in [1.165, 1.54) is 0 Å². The SMILES string of the molecule is O=C(Nc1ccc(I)cn1)C(Cl)(Cl)Cl. The first-order valence-corrected chi connectivity index (χ1v) is 5.60. The topological polar surface area (TPSA) is 42.0 Å². The first-order chi connectivity index (χ1) is 6.39. The molecule has 0 unspecified atom stereocenters. The van der Waals surface area contributed by atoms with E-state index in [9.17, 15) is 4.79 Å². The number of pyridine rings is 1. The fourth-order valence-electron chi connectivity index (χ4n) is 0.637. The van der Waals surface area contributed by atoms with Gasteiger partial charge in [0, 0.05) is 9.77 Å². The molecule has 7 heteroatoms. The Labute approximate surface area is 109 Å². The Balaban J connectivity index is 2.71. The molecule has 1 rings (SSSR count). The summed E-state index contributed by atoms with van der Waals surface area (Å²) in [5.74, 6) is -0.377. The number of alkyl halides is 3. The second-order valence-corrected chi connectivity index (χ2v) is 5.84. The summed E-state index contributed by atoms with van der Waals surface area (Å²) in [4.78, 5) is 15.1. The van der Waals surface area contributed by atoms with E-state index >= 15 is 0 Å². The van der Waals surface area contributed by atoms with Crippen LogP contribution in [0.1, 0.15) is 0 Å². The third kappa shape index (κ3) is 3.76. The summed E-state index contributed by atoms with van der Waals surface area (Å²) >= 11 is 18.2. The molecule has 0 saturated heterocycles. The van der Waals surface area contributed by atoms with E-state index in [0.29, 0.717) is 5.82 Å². The van der Waals surface area contributed by atoms with Crippen molar-refractivity contribution in [3.05, 3.63) is 21.9 Å². The first kappa shape index (κ1) is 12.3. The number of hydrogen-bond acceptors (Lipinski definition) is 2. The molecule has 1 heterocycles. The van der Waals surface area contributed by atoms with Gasteiger partial charge in [0.25, 0.3) is 9.70 Å².